The van der Waals surface area contributed by atoms with Gasteiger partial charge in [0.1, 0.15) is 0 Å². The maximum Gasteiger partial charge on any atom is 0.307 e. The van der Waals surface area contributed by atoms with Crippen LogP contribution in [0.5, 0.6) is 0 Å². The molecule has 2 aromatic carbocycles. The summed E-state index contributed by atoms with van der Waals surface area (Å²) < 4.78 is 6.11. The Morgan fingerprint density at radius 1 is 1.19 bits per heavy atom. The summed E-state index contributed by atoms with van der Waals surface area (Å²) in [6.45, 7) is 0.540. The van der Waals surface area contributed by atoms with Crippen LogP contribution < -0.4 is 5.56 Å². The van der Waals surface area contributed by atoms with Crippen molar-refractivity contribution in [2.24, 2.45) is 0 Å². The predicted octanol–water partition coefficient (Wildman–Crippen LogP) is 3.36. The van der Waals surface area contributed by atoms with E-state index in [1.165, 1.54) is 23.4 Å². The fourth-order valence-electron chi connectivity index (χ4n) is 2.99. The van der Waals surface area contributed by atoms with E-state index in [4.69, 9.17) is 11.6 Å². The van der Waals surface area contributed by atoms with Gasteiger partial charge in [-0.3, -0.25) is 19.0 Å². The molecule has 3 aromatic rings. The molecule has 1 amide bonds. The Labute approximate surface area is 189 Å². The number of thioether (sulfide) groups is 1. The van der Waals surface area contributed by atoms with Crippen LogP contribution >= 0.6 is 23.4 Å². The molecule has 0 saturated carbocycles. The van der Waals surface area contributed by atoms with Crippen molar-refractivity contribution in [2.75, 3.05) is 19.9 Å². The van der Waals surface area contributed by atoms with Crippen molar-refractivity contribution in [1.29, 1.82) is 0 Å². The van der Waals surface area contributed by atoms with Crippen molar-refractivity contribution in [1.82, 2.24) is 14.5 Å². The fraction of sp³-hybridized carbons (Fsp3) is 0.273. The number of esters is 1. The zero-order valence-corrected chi connectivity index (χ0v) is 18.8. The molecular weight excluding hydrogens is 438 g/mol. The van der Waals surface area contributed by atoms with Crippen LogP contribution in [0.25, 0.3) is 10.9 Å². The Morgan fingerprint density at radius 2 is 1.97 bits per heavy atom. The Morgan fingerprint density at radius 3 is 2.71 bits per heavy atom. The number of rotatable bonds is 8. The van der Waals surface area contributed by atoms with Crippen LogP contribution in [0.3, 0.4) is 0 Å². The van der Waals surface area contributed by atoms with Gasteiger partial charge in [0.15, 0.2) is 5.16 Å². The number of carbonyl (C=O) groups is 2. The lowest BCUT2D eigenvalue weighted by molar-refractivity contribution is -0.140. The second kappa shape index (κ2) is 10.5. The number of methoxy groups -OCH3 is 1. The van der Waals surface area contributed by atoms with Gasteiger partial charge in [-0.1, -0.05) is 47.6 Å². The smallest absolute Gasteiger partial charge is 0.307 e. The van der Waals surface area contributed by atoms with E-state index in [1.54, 1.807) is 42.3 Å². The number of ether oxygens (including phenoxy) is 1. The fourth-order valence-corrected chi connectivity index (χ4v) is 4.17. The summed E-state index contributed by atoms with van der Waals surface area (Å²) in [5.41, 5.74) is 1.22. The molecule has 1 aromatic heterocycles. The van der Waals surface area contributed by atoms with Crippen LogP contribution in [-0.4, -0.2) is 46.2 Å². The first kappa shape index (κ1) is 22.8. The Balaban J connectivity index is 1.78. The lowest BCUT2D eigenvalue weighted by Crippen LogP contribution is -2.29. The number of amides is 1. The van der Waals surface area contributed by atoms with Crippen molar-refractivity contribution in [3.05, 3.63) is 69.5 Å². The van der Waals surface area contributed by atoms with Crippen LogP contribution in [0.1, 0.15) is 12.0 Å². The van der Waals surface area contributed by atoms with Gasteiger partial charge in [0, 0.05) is 25.2 Å². The van der Waals surface area contributed by atoms with Crippen molar-refractivity contribution in [3.63, 3.8) is 0 Å². The number of halogens is 1. The van der Waals surface area contributed by atoms with Gasteiger partial charge < -0.3 is 9.64 Å². The van der Waals surface area contributed by atoms with E-state index >= 15 is 0 Å². The molecule has 31 heavy (non-hydrogen) atoms. The Kier molecular flexibility index (Phi) is 7.70. The number of carbonyl (C=O) groups excluding carboxylic acids is 2. The highest BCUT2D eigenvalue weighted by Gasteiger charge is 2.16. The summed E-state index contributed by atoms with van der Waals surface area (Å²) in [5, 5.41) is 1.46. The van der Waals surface area contributed by atoms with Crippen LogP contribution in [0.15, 0.2) is 58.5 Å². The second-order valence-electron chi connectivity index (χ2n) is 6.86. The molecule has 0 aliphatic heterocycles. The highest BCUT2D eigenvalue weighted by molar-refractivity contribution is 7.99. The van der Waals surface area contributed by atoms with E-state index in [2.05, 4.69) is 9.72 Å². The van der Waals surface area contributed by atoms with Crippen molar-refractivity contribution in [3.8, 4) is 0 Å². The zero-order chi connectivity index (χ0) is 22.4. The minimum Gasteiger partial charge on any atom is -0.469 e. The molecule has 162 valence electrons. The maximum atomic E-state index is 13.0. The van der Waals surface area contributed by atoms with Gasteiger partial charge in [-0.05, 0) is 29.8 Å². The molecule has 0 radical (unpaired) electrons. The summed E-state index contributed by atoms with van der Waals surface area (Å²) in [6.07, 6.45) is 0.0343. The third kappa shape index (κ3) is 5.86. The minimum absolute atomic E-state index is 0.0343. The molecule has 7 nitrogen and oxygen atoms in total. The van der Waals surface area contributed by atoms with Gasteiger partial charge in [-0.2, -0.15) is 0 Å². The predicted molar refractivity (Wildman–Crippen MR) is 121 cm³/mol. The largest absolute Gasteiger partial charge is 0.469 e. The molecule has 0 saturated heterocycles. The molecule has 0 atom stereocenters. The van der Waals surface area contributed by atoms with Gasteiger partial charge in [-0.25, -0.2) is 4.98 Å². The monoisotopic (exact) mass is 459 g/mol. The number of fused-ring (bicyclic) bond motifs is 1. The summed E-state index contributed by atoms with van der Waals surface area (Å²) in [5.74, 6) is -0.444. The minimum atomic E-state index is -0.423. The number of para-hydroxylation sites is 1. The van der Waals surface area contributed by atoms with Crippen molar-refractivity contribution < 1.29 is 14.3 Å². The van der Waals surface area contributed by atoms with Crippen molar-refractivity contribution in [2.45, 2.75) is 24.7 Å². The molecule has 0 unspecified atom stereocenters. The van der Waals surface area contributed by atoms with Crippen LogP contribution in [0, 0.1) is 0 Å². The third-order valence-electron chi connectivity index (χ3n) is 4.65. The average molecular weight is 460 g/mol. The standard InChI is InChI=1S/C22H22ClN3O4S/c1-25(13-15-6-5-7-16(23)12-15)19(27)14-31-22-24-18-9-4-3-8-17(18)21(29)26(22)11-10-20(28)30-2/h3-9,12H,10-11,13-14H2,1-2H3. The summed E-state index contributed by atoms with van der Waals surface area (Å²) >= 11 is 7.18. The molecule has 3 rings (SSSR count). The normalized spacial score (nSPS) is 10.8. The highest BCUT2D eigenvalue weighted by Crippen LogP contribution is 2.19. The molecule has 0 aliphatic carbocycles. The van der Waals surface area contributed by atoms with E-state index in [-0.39, 0.29) is 30.2 Å². The highest BCUT2D eigenvalue weighted by atomic mass is 35.5. The average Bonchev–Trinajstić information content (AvgIpc) is 2.76. The van der Waals surface area contributed by atoms with E-state index < -0.39 is 5.97 Å². The second-order valence-corrected chi connectivity index (χ2v) is 8.24. The quantitative estimate of drug-likeness (QED) is 0.292. The van der Waals surface area contributed by atoms with Gasteiger partial charge in [-0.15, -0.1) is 0 Å². The van der Waals surface area contributed by atoms with Gasteiger partial charge in [0.25, 0.3) is 5.56 Å². The van der Waals surface area contributed by atoms with Gasteiger partial charge in [0.05, 0.1) is 30.2 Å². The van der Waals surface area contributed by atoms with E-state index in [0.29, 0.717) is 27.6 Å². The van der Waals surface area contributed by atoms with E-state index in [9.17, 15) is 14.4 Å². The summed E-state index contributed by atoms with van der Waals surface area (Å²) in [6, 6.07) is 14.3. The SMILES string of the molecule is COC(=O)CCn1c(SCC(=O)N(C)Cc2cccc(Cl)c2)nc2ccccc2c1=O. The van der Waals surface area contributed by atoms with Crippen LogP contribution in [0.2, 0.25) is 5.02 Å². The summed E-state index contributed by atoms with van der Waals surface area (Å²) in [7, 11) is 3.01. The van der Waals surface area contributed by atoms with Gasteiger partial charge >= 0.3 is 5.97 Å². The Bertz CT molecular complexity index is 1160. The zero-order valence-electron chi connectivity index (χ0n) is 17.2. The Hall–Kier alpha value is -2.84. The number of hydrogen-bond acceptors (Lipinski definition) is 6. The lowest BCUT2D eigenvalue weighted by atomic mass is 10.2. The van der Waals surface area contributed by atoms with E-state index in [1.807, 2.05) is 18.2 Å². The topological polar surface area (TPSA) is 81.5 Å². The number of aromatic nitrogens is 2. The first-order valence-corrected chi connectivity index (χ1v) is 10.9. The molecule has 0 bridgehead atoms. The lowest BCUT2D eigenvalue weighted by Gasteiger charge is -2.18. The molecule has 0 N–H and O–H groups in total. The summed E-state index contributed by atoms with van der Waals surface area (Å²) in [4.78, 5) is 43.3. The van der Waals surface area contributed by atoms with Crippen LogP contribution in [-0.2, 0) is 27.4 Å². The first-order valence-electron chi connectivity index (χ1n) is 9.56. The van der Waals surface area contributed by atoms with Crippen molar-refractivity contribution >= 4 is 46.1 Å². The molecule has 1 heterocycles. The molecular formula is C22H22ClN3O4S. The molecule has 0 fully saturated rings. The van der Waals surface area contributed by atoms with E-state index in [0.717, 1.165) is 5.56 Å². The molecule has 0 spiro atoms. The van der Waals surface area contributed by atoms with Gasteiger partial charge in [0.2, 0.25) is 5.91 Å². The molecule has 9 heteroatoms. The third-order valence-corrected chi connectivity index (χ3v) is 5.85. The van der Waals surface area contributed by atoms with Crippen LogP contribution in [0.4, 0.5) is 0 Å². The number of hydrogen-bond donors (Lipinski definition) is 0. The number of benzene rings is 2. The maximum absolute atomic E-state index is 13.0. The number of nitrogens with zero attached hydrogens (tertiary/aromatic N) is 3. The first-order chi connectivity index (χ1) is 14.9. The molecule has 0 aliphatic rings.